The molecule has 156 valence electrons. The summed E-state index contributed by atoms with van der Waals surface area (Å²) in [6.07, 6.45) is 2.80. The first kappa shape index (κ1) is 20.8. The number of aromatic amines is 1. The molecule has 2 aromatic carbocycles. The molecule has 0 saturated carbocycles. The van der Waals surface area contributed by atoms with Crippen LogP contribution in [-0.2, 0) is 6.54 Å². The largest absolute Gasteiger partial charge is 0.494 e. The van der Waals surface area contributed by atoms with E-state index in [9.17, 15) is 9.90 Å². The number of aliphatic imine (C=N–C) groups is 1. The molecule has 1 saturated heterocycles. The number of benzene rings is 2. The lowest BCUT2D eigenvalue weighted by Crippen LogP contribution is -2.31. The van der Waals surface area contributed by atoms with Crippen LogP contribution in [0.5, 0.6) is 5.88 Å². The van der Waals surface area contributed by atoms with Crippen molar-refractivity contribution < 1.29 is 5.11 Å². The molecule has 1 aromatic heterocycles. The number of halogens is 1. The third kappa shape index (κ3) is 4.48. The van der Waals surface area contributed by atoms with Gasteiger partial charge < -0.3 is 10.0 Å². The molecule has 4 rings (SSSR count). The van der Waals surface area contributed by atoms with Crippen LogP contribution in [0.2, 0.25) is 0 Å². The van der Waals surface area contributed by atoms with E-state index in [1.807, 2.05) is 18.2 Å². The molecule has 1 unspecified atom stereocenters. The topological polar surface area (TPSA) is 71.9 Å². The van der Waals surface area contributed by atoms with Crippen LogP contribution in [-0.4, -0.2) is 59.3 Å². The molecule has 0 radical (unpaired) electrons. The number of aromatic hydroxyl groups is 1. The molecule has 30 heavy (non-hydrogen) atoms. The number of fused-ring (bicyclic) bond motifs is 1. The van der Waals surface area contributed by atoms with Gasteiger partial charge in [0.15, 0.2) is 0 Å². The molecule has 1 aliphatic heterocycles. The first-order valence-electron chi connectivity index (χ1n) is 9.97. The Morgan fingerprint density at radius 3 is 2.70 bits per heavy atom. The summed E-state index contributed by atoms with van der Waals surface area (Å²) in [4.78, 5) is 23.9. The predicted molar refractivity (Wildman–Crippen MR) is 125 cm³/mol. The number of nitrogens with zero attached hydrogens (tertiary/aromatic N) is 3. The Morgan fingerprint density at radius 2 is 2.00 bits per heavy atom. The molecule has 6 nitrogen and oxygen atoms in total. The number of H-pyrrole nitrogens is 1. The first-order valence-corrected chi connectivity index (χ1v) is 10.8. The van der Waals surface area contributed by atoms with Crippen molar-refractivity contribution in [1.29, 1.82) is 0 Å². The van der Waals surface area contributed by atoms with E-state index in [2.05, 4.69) is 61.9 Å². The van der Waals surface area contributed by atoms with Crippen molar-refractivity contribution in [3.8, 4) is 5.88 Å². The van der Waals surface area contributed by atoms with Gasteiger partial charge in [-0.2, -0.15) is 0 Å². The van der Waals surface area contributed by atoms with Crippen LogP contribution in [0.3, 0.4) is 0 Å². The maximum Gasteiger partial charge on any atom is 0.258 e. The van der Waals surface area contributed by atoms with Crippen molar-refractivity contribution in [2.75, 3.05) is 27.2 Å². The summed E-state index contributed by atoms with van der Waals surface area (Å²) < 4.78 is 0.831. The summed E-state index contributed by atoms with van der Waals surface area (Å²) in [6, 6.07) is 14.1. The SMILES string of the molecule is CN(C)C1CCN(Cc2ccc(N=Cc3c(O)[nH]c(=O)c4ccc(Br)cc34)cc2)C1. The van der Waals surface area contributed by atoms with Crippen molar-refractivity contribution in [2.24, 2.45) is 4.99 Å². The van der Waals surface area contributed by atoms with Crippen LogP contribution >= 0.6 is 15.9 Å². The van der Waals surface area contributed by atoms with Gasteiger partial charge in [-0.05, 0) is 56.4 Å². The Bertz CT molecular complexity index is 1140. The highest BCUT2D eigenvalue weighted by Gasteiger charge is 2.23. The van der Waals surface area contributed by atoms with Gasteiger partial charge in [-0.3, -0.25) is 19.7 Å². The number of nitrogens with one attached hydrogen (secondary N) is 1. The molecular weight excluding hydrogens is 444 g/mol. The summed E-state index contributed by atoms with van der Waals surface area (Å²) in [6.45, 7) is 3.16. The van der Waals surface area contributed by atoms with Gasteiger partial charge in [0.1, 0.15) is 0 Å². The Labute approximate surface area is 184 Å². The fourth-order valence-electron chi connectivity index (χ4n) is 3.90. The number of likely N-dealkylation sites (tertiary alicyclic amines) is 1. The Hall–Kier alpha value is -2.48. The minimum Gasteiger partial charge on any atom is -0.494 e. The van der Waals surface area contributed by atoms with E-state index in [1.165, 1.54) is 12.0 Å². The van der Waals surface area contributed by atoms with Crippen LogP contribution in [0.4, 0.5) is 5.69 Å². The fraction of sp³-hybridized carbons (Fsp3) is 0.304. The van der Waals surface area contributed by atoms with Crippen LogP contribution in [0.25, 0.3) is 10.8 Å². The first-order chi connectivity index (χ1) is 14.4. The zero-order chi connectivity index (χ0) is 21.3. The second-order valence-electron chi connectivity index (χ2n) is 7.97. The lowest BCUT2D eigenvalue weighted by molar-refractivity contribution is 0.264. The number of pyridine rings is 1. The molecule has 2 N–H and O–H groups in total. The maximum atomic E-state index is 12.1. The average molecular weight is 469 g/mol. The minimum atomic E-state index is -0.324. The highest BCUT2D eigenvalue weighted by atomic mass is 79.9. The maximum absolute atomic E-state index is 12.1. The molecule has 1 fully saturated rings. The van der Waals surface area contributed by atoms with Crippen LogP contribution in [0.15, 0.2) is 56.7 Å². The van der Waals surface area contributed by atoms with Crippen LogP contribution in [0, 0.1) is 0 Å². The van der Waals surface area contributed by atoms with Gasteiger partial charge in [-0.25, -0.2) is 0 Å². The third-order valence-electron chi connectivity index (χ3n) is 5.67. The standard InChI is InChI=1S/C23H25BrN4O2/c1-27(2)18-9-10-28(14-18)13-15-3-6-17(7-4-15)25-12-21-20-11-16(24)5-8-19(20)22(29)26-23(21)30/h3-8,11-12,18H,9-10,13-14H2,1-2H3,(H2,26,29,30). The van der Waals surface area contributed by atoms with Gasteiger partial charge in [0.25, 0.3) is 5.56 Å². The average Bonchev–Trinajstić information content (AvgIpc) is 3.17. The van der Waals surface area contributed by atoms with Crippen molar-refractivity contribution in [3.63, 3.8) is 0 Å². The molecule has 7 heteroatoms. The van der Waals surface area contributed by atoms with Gasteiger partial charge in [-0.15, -0.1) is 0 Å². The van der Waals surface area contributed by atoms with Gasteiger partial charge >= 0.3 is 0 Å². The zero-order valence-electron chi connectivity index (χ0n) is 17.1. The highest BCUT2D eigenvalue weighted by Crippen LogP contribution is 2.25. The lowest BCUT2D eigenvalue weighted by atomic mass is 10.1. The molecule has 0 amide bonds. The van der Waals surface area contributed by atoms with E-state index in [-0.39, 0.29) is 11.4 Å². The summed E-state index contributed by atoms with van der Waals surface area (Å²) in [5.74, 6) is -0.185. The molecule has 2 heterocycles. The van der Waals surface area contributed by atoms with Crippen molar-refractivity contribution >= 4 is 38.6 Å². The molecule has 0 aliphatic carbocycles. The summed E-state index contributed by atoms with van der Waals surface area (Å²) in [5.41, 5.74) is 2.21. The van der Waals surface area contributed by atoms with Gasteiger partial charge in [0.05, 0.1) is 11.3 Å². The normalized spacial score (nSPS) is 17.5. The Morgan fingerprint density at radius 1 is 1.23 bits per heavy atom. The monoisotopic (exact) mass is 468 g/mol. The fourth-order valence-corrected chi connectivity index (χ4v) is 4.26. The lowest BCUT2D eigenvalue weighted by Gasteiger charge is -2.20. The summed E-state index contributed by atoms with van der Waals surface area (Å²) >= 11 is 3.42. The number of aromatic nitrogens is 1. The van der Waals surface area contributed by atoms with Crippen molar-refractivity contribution in [3.05, 3.63) is 68.4 Å². The molecule has 3 aromatic rings. The number of likely N-dealkylation sites (N-methyl/N-ethyl adjacent to an activating group) is 1. The van der Waals surface area contributed by atoms with Gasteiger partial charge in [0, 0.05) is 47.1 Å². The van der Waals surface area contributed by atoms with Crippen molar-refractivity contribution in [1.82, 2.24) is 14.8 Å². The second-order valence-corrected chi connectivity index (χ2v) is 8.89. The highest BCUT2D eigenvalue weighted by molar-refractivity contribution is 9.10. The van der Waals surface area contributed by atoms with Gasteiger partial charge in [0.2, 0.25) is 5.88 Å². The Kier molecular flexibility index (Phi) is 6.04. The van der Waals surface area contributed by atoms with Crippen molar-refractivity contribution in [2.45, 2.75) is 19.0 Å². The van der Waals surface area contributed by atoms with E-state index < -0.39 is 0 Å². The van der Waals surface area contributed by atoms with Crippen LogP contribution < -0.4 is 5.56 Å². The third-order valence-corrected chi connectivity index (χ3v) is 6.16. The second kappa shape index (κ2) is 8.71. The molecule has 1 aliphatic rings. The predicted octanol–water partition coefficient (Wildman–Crippen LogP) is 3.88. The van der Waals surface area contributed by atoms with E-state index in [0.717, 1.165) is 29.8 Å². The number of hydrogen-bond donors (Lipinski definition) is 2. The minimum absolute atomic E-state index is 0.185. The van der Waals surface area contributed by atoms with E-state index >= 15 is 0 Å². The summed E-state index contributed by atoms with van der Waals surface area (Å²) in [7, 11) is 4.28. The van der Waals surface area contributed by atoms with Gasteiger partial charge in [-0.1, -0.05) is 28.1 Å². The molecule has 0 bridgehead atoms. The van der Waals surface area contributed by atoms with Crippen LogP contribution in [0.1, 0.15) is 17.5 Å². The Balaban J connectivity index is 1.52. The van der Waals surface area contributed by atoms with E-state index in [1.54, 1.807) is 18.3 Å². The molecule has 0 spiro atoms. The quantitative estimate of drug-likeness (QED) is 0.557. The summed E-state index contributed by atoms with van der Waals surface area (Å²) in [5, 5.41) is 11.4. The molecule has 1 atom stereocenters. The smallest absolute Gasteiger partial charge is 0.258 e. The van der Waals surface area contributed by atoms with E-state index in [0.29, 0.717) is 22.4 Å². The number of rotatable bonds is 5. The van der Waals surface area contributed by atoms with E-state index in [4.69, 9.17) is 0 Å². The molecular formula is C23H25BrN4O2. The zero-order valence-corrected chi connectivity index (χ0v) is 18.7. The number of hydrogen-bond acceptors (Lipinski definition) is 5.